The number of rotatable bonds is 1. The number of fused-ring (bicyclic) bond motifs is 1. The molecule has 1 N–H and O–H groups in total. The van der Waals surface area contributed by atoms with Gasteiger partial charge in [0.15, 0.2) is 4.77 Å². The number of aromatic amines is 1. The number of H-pyrrole nitrogens is 1. The third kappa shape index (κ3) is 2.15. The van der Waals surface area contributed by atoms with Crippen molar-refractivity contribution in [3.05, 3.63) is 55.9 Å². The fourth-order valence-electron chi connectivity index (χ4n) is 2.24. The molecule has 3 rings (SSSR count). The van der Waals surface area contributed by atoms with E-state index >= 15 is 0 Å². The monoisotopic (exact) mass is 391 g/mol. The minimum Gasteiger partial charge on any atom is -0.330 e. The number of imidazole rings is 1. The number of halogens is 1. The van der Waals surface area contributed by atoms with Crippen molar-refractivity contribution in [2.24, 2.45) is 0 Å². The lowest BCUT2D eigenvalue weighted by atomic mass is 10.1. The van der Waals surface area contributed by atoms with Crippen LogP contribution in [-0.4, -0.2) is 9.55 Å². The van der Waals surface area contributed by atoms with Crippen LogP contribution in [0.5, 0.6) is 0 Å². The Morgan fingerprint density at radius 3 is 2.80 bits per heavy atom. The van der Waals surface area contributed by atoms with E-state index in [2.05, 4.69) is 39.7 Å². The standard InChI is InChI=1S/C15H10IN3S/c1-9-2-3-10(8-17)6-14(9)19-13-5-4-11(16)7-12(13)18-15(19)20/h2-7H,1H3,(H,18,20). The molecule has 1 aromatic heterocycles. The number of nitrogens with zero attached hydrogens (tertiary/aromatic N) is 2. The molecule has 3 nitrogen and oxygen atoms in total. The van der Waals surface area contributed by atoms with E-state index in [0.29, 0.717) is 10.3 Å². The van der Waals surface area contributed by atoms with E-state index in [9.17, 15) is 0 Å². The number of benzene rings is 2. The molecule has 5 heteroatoms. The molecule has 98 valence electrons. The van der Waals surface area contributed by atoms with Gasteiger partial charge in [0.25, 0.3) is 0 Å². The molecule has 0 atom stereocenters. The number of aromatic nitrogens is 2. The summed E-state index contributed by atoms with van der Waals surface area (Å²) in [5.41, 5.74) is 4.69. The van der Waals surface area contributed by atoms with Crippen LogP contribution in [0.15, 0.2) is 36.4 Å². The SMILES string of the molecule is Cc1ccc(C#N)cc1-n1c(=S)[nH]c2cc(I)ccc21. The first-order chi connectivity index (χ1) is 9.60. The van der Waals surface area contributed by atoms with Crippen LogP contribution in [0.4, 0.5) is 0 Å². The Kier molecular flexibility index (Phi) is 3.36. The van der Waals surface area contributed by atoms with Crippen LogP contribution in [0.25, 0.3) is 16.7 Å². The summed E-state index contributed by atoms with van der Waals surface area (Å²) in [6.07, 6.45) is 0. The van der Waals surface area contributed by atoms with E-state index in [4.69, 9.17) is 17.5 Å². The smallest absolute Gasteiger partial charge is 0.182 e. The van der Waals surface area contributed by atoms with Gasteiger partial charge in [-0.1, -0.05) is 6.07 Å². The van der Waals surface area contributed by atoms with Crippen LogP contribution in [0.2, 0.25) is 0 Å². The Hall–Kier alpha value is -1.65. The molecule has 0 amide bonds. The molecule has 20 heavy (non-hydrogen) atoms. The summed E-state index contributed by atoms with van der Waals surface area (Å²) in [6.45, 7) is 2.02. The summed E-state index contributed by atoms with van der Waals surface area (Å²) in [5.74, 6) is 0. The minimum atomic E-state index is 0.632. The molecule has 0 saturated heterocycles. The van der Waals surface area contributed by atoms with Crippen molar-refractivity contribution in [1.29, 1.82) is 5.26 Å². The topological polar surface area (TPSA) is 44.5 Å². The molecular weight excluding hydrogens is 381 g/mol. The second-order valence-electron chi connectivity index (χ2n) is 4.54. The third-order valence-electron chi connectivity index (χ3n) is 3.22. The minimum absolute atomic E-state index is 0.632. The zero-order valence-corrected chi connectivity index (χ0v) is 13.6. The first-order valence-electron chi connectivity index (χ1n) is 6.01. The highest BCUT2D eigenvalue weighted by Crippen LogP contribution is 2.24. The lowest BCUT2D eigenvalue weighted by Crippen LogP contribution is -1.98. The largest absolute Gasteiger partial charge is 0.330 e. The maximum Gasteiger partial charge on any atom is 0.182 e. The zero-order chi connectivity index (χ0) is 14.3. The van der Waals surface area contributed by atoms with E-state index in [1.54, 1.807) is 0 Å². The van der Waals surface area contributed by atoms with Gasteiger partial charge in [0.2, 0.25) is 0 Å². The molecule has 0 unspecified atom stereocenters. The molecule has 0 bridgehead atoms. The summed E-state index contributed by atoms with van der Waals surface area (Å²) in [6, 6.07) is 14.0. The molecular formula is C15H10IN3S. The summed E-state index contributed by atoms with van der Waals surface area (Å²) in [5, 5.41) is 9.08. The Balaban J connectivity index is 2.38. The van der Waals surface area contributed by atoms with Crippen molar-refractivity contribution in [3.8, 4) is 11.8 Å². The lowest BCUT2D eigenvalue weighted by molar-refractivity contribution is 1.05. The Bertz CT molecular complexity index is 915. The average Bonchev–Trinajstić information content (AvgIpc) is 2.74. The summed E-state index contributed by atoms with van der Waals surface area (Å²) < 4.78 is 3.78. The summed E-state index contributed by atoms with van der Waals surface area (Å²) in [7, 11) is 0. The number of nitriles is 1. The van der Waals surface area contributed by atoms with Gasteiger partial charge in [-0.25, -0.2) is 0 Å². The quantitative estimate of drug-likeness (QED) is 0.491. The molecule has 2 aromatic carbocycles. The zero-order valence-electron chi connectivity index (χ0n) is 10.6. The van der Waals surface area contributed by atoms with Crippen molar-refractivity contribution < 1.29 is 0 Å². The van der Waals surface area contributed by atoms with Crippen LogP contribution in [0, 0.1) is 26.6 Å². The van der Waals surface area contributed by atoms with E-state index in [1.165, 1.54) is 0 Å². The Labute approximate surface area is 135 Å². The van der Waals surface area contributed by atoms with E-state index in [-0.39, 0.29) is 0 Å². The highest BCUT2D eigenvalue weighted by Gasteiger charge is 2.09. The fourth-order valence-corrected chi connectivity index (χ4v) is 3.04. The molecule has 0 radical (unpaired) electrons. The first kappa shape index (κ1) is 13.3. The third-order valence-corrected chi connectivity index (χ3v) is 4.18. The molecule has 0 aliphatic carbocycles. The number of hydrogen-bond acceptors (Lipinski definition) is 2. The maximum absolute atomic E-state index is 9.08. The molecule has 0 aliphatic rings. The molecule has 0 saturated carbocycles. The number of aryl methyl sites for hydroxylation is 1. The van der Waals surface area contributed by atoms with E-state index in [1.807, 2.05) is 41.8 Å². The van der Waals surface area contributed by atoms with E-state index in [0.717, 1.165) is 25.9 Å². The predicted octanol–water partition coefficient (Wildman–Crippen LogP) is 4.47. The number of nitrogens with one attached hydrogen (secondary N) is 1. The molecule has 1 heterocycles. The van der Waals surface area contributed by atoms with Gasteiger partial charge in [-0.15, -0.1) is 0 Å². The van der Waals surface area contributed by atoms with Gasteiger partial charge in [0.05, 0.1) is 28.4 Å². The van der Waals surface area contributed by atoms with Crippen LogP contribution in [0.1, 0.15) is 11.1 Å². The van der Waals surface area contributed by atoms with Gasteiger partial charge in [-0.2, -0.15) is 5.26 Å². The van der Waals surface area contributed by atoms with Crippen molar-refractivity contribution in [2.75, 3.05) is 0 Å². The van der Waals surface area contributed by atoms with Gasteiger partial charge in [0.1, 0.15) is 0 Å². The summed E-state index contributed by atoms with van der Waals surface area (Å²) >= 11 is 7.71. The maximum atomic E-state index is 9.08. The van der Waals surface area contributed by atoms with Crippen LogP contribution >= 0.6 is 34.8 Å². The molecule has 3 aromatic rings. The van der Waals surface area contributed by atoms with Crippen molar-refractivity contribution >= 4 is 45.8 Å². The van der Waals surface area contributed by atoms with Crippen LogP contribution in [0.3, 0.4) is 0 Å². The van der Waals surface area contributed by atoms with E-state index < -0.39 is 0 Å². The Morgan fingerprint density at radius 1 is 1.25 bits per heavy atom. The first-order valence-corrected chi connectivity index (χ1v) is 7.50. The second kappa shape index (κ2) is 5.04. The van der Waals surface area contributed by atoms with Gasteiger partial charge < -0.3 is 4.98 Å². The predicted molar refractivity (Wildman–Crippen MR) is 90.6 cm³/mol. The van der Waals surface area contributed by atoms with Gasteiger partial charge in [0, 0.05) is 3.57 Å². The highest BCUT2D eigenvalue weighted by atomic mass is 127. The average molecular weight is 391 g/mol. The van der Waals surface area contributed by atoms with Crippen molar-refractivity contribution in [1.82, 2.24) is 9.55 Å². The lowest BCUT2D eigenvalue weighted by Gasteiger charge is -2.08. The van der Waals surface area contributed by atoms with Gasteiger partial charge in [-0.3, -0.25) is 4.57 Å². The molecule has 0 spiro atoms. The molecule has 0 fully saturated rings. The summed E-state index contributed by atoms with van der Waals surface area (Å²) in [4.78, 5) is 3.22. The second-order valence-corrected chi connectivity index (χ2v) is 6.17. The Morgan fingerprint density at radius 2 is 2.05 bits per heavy atom. The van der Waals surface area contributed by atoms with Gasteiger partial charge >= 0.3 is 0 Å². The number of hydrogen-bond donors (Lipinski definition) is 1. The van der Waals surface area contributed by atoms with Gasteiger partial charge in [-0.05, 0) is 77.6 Å². The molecule has 0 aliphatic heterocycles. The van der Waals surface area contributed by atoms with Crippen LogP contribution < -0.4 is 0 Å². The van der Waals surface area contributed by atoms with Crippen molar-refractivity contribution in [3.63, 3.8) is 0 Å². The fraction of sp³-hybridized carbons (Fsp3) is 0.0667. The van der Waals surface area contributed by atoms with Crippen molar-refractivity contribution in [2.45, 2.75) is 6.92 Å². The normalized spacial score (nSPS) is 10.7. The van der Waals surface area contributed by atoms with Crippen LogP contribution in [-0.2, 0) is 0 Å². The highest BCUT2D eigenvalue weighted by molar-refractivity contribution is 14.1.